The van der Waals surface area contributed by atoms with Gasteiger partial charge in [-0.25, -0.2) is 0 Å². The van der Waals surface area contributed by atoms with Gasteiger partial charge in [-0.2, -0.15) is 0 Å². The van der Waals surface area contributed by atoms with Crippen LogP contribution >= 0.6 is 12.4 Å². The molecule has 1 fully saturated rings. The molecule has 3 atom stereocenters. The summed E-state index contributed by atoms with van der Waals surface area (Å²) < 4.78 is 0. The normalized spacial score (nSPS) is 20.6. The molecule has 0 aliphatic carbocycles. The van der Waals surface area contributed by atoms with Gasteiger partial charge in [-0.1, -0.05) is 37.3 Å². The van der Waals surface area contributed by atoms with E-state index in [0.29, 0.717) is 13.0 Å². The molecule has 1 saturated heterocycles. The third-order valence-electron chi connectivity index (χ3n) is 3.88. The smallest absolute Gasteiger partial charge is 0.244 e. The molecule has 5 nitrogen and oxygen atoms in total. The predicted octanol–water partition coefficient (Wildman–Crippen LogP) is 1.09. The maximum atomic E-state index is 12.2. The van der Waals surface area contributed by atoms with Crippen LogP contribution in [0.25, 0.3) is 0 Å². The summed E-state index contributed by atoms with van der Waals surface area (Å²) in [5.41, 5.74) is 7.04. The second-order valence-electron chi connectivity index (χ2n) is 5.33. The fourth-order valence-corrected chi connectivity index (χ4v) is 2.39. The summed E-state index contributed by atoms with van der Waals surface area (Å²) in [6, 6.07) is 8.74. The first-order valence-corrected chi connectivity index (χ1v) is 6.86. The van der Waals surface area contributed by atoms with E-state index in [2.05, 4.69) is 5.32 Å². The Kier molecular flexibility index (Phi) is 6.18. The minimum atomic E-state index is -0.405. The topological polar surface area (TPSA) is 75.4 Å². The number of benzene rings is 1. The summed E-state index contributed by atoms with van der Waals surface area (Å²) in [7, 11) is 1.74. The van der Waals surface area contributed by atoms with Crippen LogP contribution in [0.15, 0.2) is 30.3 Å². The zero-order chi connectivity index (χ0) is 14.7. The number of nitrogens with two attached hydrogens (primary N) is 1. The summed E-state index contributed by atoms with van der Waals surface area (Å²) in [6.45, 7) is 2.47. The van der Waals surface area contributed by atoms with Crippen LogP contribution in [0.1, 0.15) is 24.9 Å². The number of amides is 2. The highest BCUT2D eigenvalue weighted by molar-refractivity contribution is 5.89. The molecule has 1 aliphatic rings. The summed E-state index contributed by atoms with van der Waals surface area (Å²) >= 11 is 0. The molecule has 3 N–H and O–H groups in total. The Bertz CT molecular complexity index is 495. The second-order valence-corrected chi connectivity index (χ2v) is 5.33. The first-order valence-electron chi connectivity index (χ1n) is 6.86. The van der Waals surface area contributed by atoms with Gasteiger partial charge in [0, 0.05) is 19.6 Å². The zero-order valence-electron chi connectivity index (χ0n) is 12.3. The number of rotatable bonds is 4. The molecule has 1 heterocycles. The molecule has 6 heteroatoms. The van der Waals surface area contributed by atoms with E-state index in [0.717, 1.165) is 5.56 Å². The first kappa shape index (κ1) is 17.5. The van der Waals surface area contributed by atoms with Crippen molar-refractivity contribution in [2.24, 2.45) is 11.7 Å². The fourth-order valence-electron chi connectivity index (χ4n) is 2.39. The largest absolute Gasteiger partial charge is 0.344 e. The van der Waals surface area contributed by atoms with Crippen LogP contribution in [0.2, 0.25) is 0 Å². The van der Waals surface area contributed by atoms with E-state index < -0.39 is 6.04 Å². The number of carbonyl (C=O) groups excluding carboxylic acids is 2. The third-order valence-corrected chi connectivity index (χ3v) is 3.88. The number of likely N-dealkylation sites (N-methyl/N-ethyl adjacent to an activating group) is 1. The molecule has 1 aromatic rings. The average Bonchev–Trinajstić information content (AvgIpc) is 2.78. The minimum Gasteiger partial charge on any atom is -0.344 e. The molecule has 0 aromatic heterocycles. The standard InChI is InChI=1S/C15H21N3O2.ClH/c1-10(13(16)11-6-4-3-5-7-11)14(19)17-12-8-9-18(2)15(12)20;/h3-7,10,12-13H,8-9,16H2,1-2H3,(H,17,19);1H. The predicted molar refractivity (Wildman–Crippen MR) is 84.0 cm³/mol. The second kappa shape index (κ2) is 7.43. The Balaban J connectivity index is 0.00000220. The molecule has 21 heavy (non-hydrogen) atoms. The highest BCUT2D eigenvalue weighted by atomic mass is 35.5. The van der Waals surface area contributed by atoms with Gasteiger partial charge in [0.05, 0.1) is 5.92 Å². The van der Waals surface area contributed by atoms with E-state index in [1.807, 2.05) is 30.3 Å². The van der Waals surface area contributed by atoms with Gasteiger partial charge in [-0.3, -0.25) is 9.59 Å². The van der Waals surface area contributed by atoms with Gasteiger partial charge in [0.2, 0.25) is 11.8 Å². The van der Waals surface area contributed by atoms with Crippen LogP contribution in [0.5, 0.6) is 0 Å². The third kappa shape index (κ3) is 3.95. The molecule has 0 radical (unpaired) electrons. The van der Waals surface area contributed by atoms with Crippen molar-refractivity contribution in [1.82, 2.24) is 10.2 Å². The first-order chi connectivity index (χ1) is 9.50. The molecule has 116 valence electrons. The highest BCUT2D eigenvalue weighted by Crippen LogP contribution is 2.20. The van der Waals surface area contributed by atoms with Crippen molar-refractivity contribution in [1.29, 1.82) is 0 Å². The van der Waals surface area contributed by atoms with Crippen LogP contribution in [0, 0.1) is 5.92 Å². The van der Waals surface area contributed by atoms with Gasteiger partial charge in [0.1, 0.15) is 6.04 Å². The van der Waals surface area contributed by atoms with Crippen molar-refractivity contribution in [2.75, 3.05) is 13.6 Å². The quantitative estimate of drug-likeness (QED) is 0.874. The van der Waals surface area contributed by atoms with Crippen LogP contribution in [-0.2, 0) is 9.59 Å². The molecule has 2 rings (SSSR count). The molecular weight excluding hydrogens is 290 g/mol. The van der Waals surface area contributed by atoms with E-state index in [1.54, 1.807) is 18.9 Å². The van der Waals surface area contributed by atoms with Crippen LogP contribution in [0.3, 0.4) is 0 Å². The number of hydrogen-bond donors (Lipinski definition) is 2. The Morgan fingerprint density at radius 2 is 2.00 bits per heavy atom. The maximum Gasteiger partial charge on any atom is 0.244 e. The number of carbonyl (C=O) groups is 2. The molecule has 0 bridgehead atoms. The molecule has 1 aliphatic heterocycles. The van der Waals surface area contributed by atoms with Crippen LogP contribution in [0.4, 0.5) is 0 Å². The Hall–Kier alpha value is -1.59. The van der Waals surface area contributed by atoms with E-state index >= 15 is 0 Å². The van der Waals surface area contributed by atoms with Gasteiger partial charge in [0.15, 0.2) is 0 Å². The van der Waals surface area contributed by atoms with Gasteiger partial charge in [0.25, 0.3) is 0 Å². The molecule has 0 spiro atoms. The molecule has 3 unspecified atom stereocenters. The molecule has 2 amide bonds. The number of likely N-dealkylation sites (tertiary alicyclic amines) is 1. The highest BCUT2D eigenvalue weighted by Gasteiger charge is 2.32. The minimum absolute atomic E-state index is 0. The summed E-state index contributed by atoms with van der Waals surface area (Å²) in [5.74, 6) is -0.579. The van der Waals surface area contributed by atoms with Crippen molar-refractivity contribution >= 4 is 24.2 Å². The Morgan fingerprint density at radius 3 is 2.52 bits per heavy atom. The van der Waals surface area contributed by atoms with Gasteiger partial charge in [-0.05, 0) is 12.0 Å². The van der Waals surface area contributed by atoms with Crippen molar-refractivity contribution < 1.29 is 9.59 Å². The monoisotopic (exact) mass is 311 g/mol. The van der Waals surface area contributed by atoms with Crippen molar-refractivity contribution in [2.45, 2.75) is 25.4 Å². The number of nitrogens with one attached hydrogen (secondary N) is 1. The lowest BCUT2D eigenvalue weighted by Gasteiger charge is -2.21. The number of halogens is 1. The van der Waals surface area contributed by atoms with Gasteiger partial charge in [-0.15, -0.1) is 12.4 Å². The van der Waals surface area contributed by atoms with Gasteiger partial charge < -0.3 is 16.0 Å². The maximum absolute atomic E-state index is 12.2. The number of nitrogens with zero attached hydrogens (tertiary/aromatic N) is 1. The Labute approximate surface area is 131 Å². The molecular formula is C15H22ClN3O2. The lowest BCUT2D eigenvalue weighted by Crippen LogP contribution is -2.44. The van der Waals surface area contributed by atoms with Crippen molar-refractivity contribution in [3.63, 3.8) is 0 Å². The van der Waals surface area contributed by atoms with E-state index in [1.165, 1.54) is 0 Å². The van der Waals surface area contributed by atoms with E-state index in [9.17, 15) is 9.59 Å². The van der Waals surface area contributed by atoms with Crippen LogP contribution < -0.4 is 11.1 Å². The lowest BCUT2D eigenvalue weighted by molar-refractivity contribution is -0.133. The Morgan fingerprint density at radius 1 is 1.38 bits per heavy atom. The van der Waals surface area contributed by atoms with E-state index in [-0.39, 0.29) is 36.2 Å². The lowest BCUT2D eigenvalue weighted by atomic mass is 9.94. The summed E-state index contributed by atoms with van der Waals surface area (Å²) in [4.78, 5) is 25.6. The van der Waals surface area contributed by atoms with Crippen molar-refractivity contribution in [3.05, 3.63) is 35.9 Å². The molecule has 0 saturated carbocycles. The van der Waals surface area contributed by atoms with Crippen molar-refractivity contribution in [3.8, 4) is 0 Å². The zero-order valence-corrected chi connectivity index (χ0v) is 13.1. The number of hydrogen-bond acceptors (Lipinski definition) is 3. The SMILES string of the molecule is CC(C(=O)NC1CCN(C)C1=O)C(N)c1ccccc1.Cl. The van der Waals surface area contributed by atoms with E-state index in [4.69, 9.17) is 5.73 Å². The van der Waals surface area contributed by atoms with Crippen LogP contribution in [-0.4, -0.2) is 36.3 Å². The summed E-state index contributed by atoms with van der Waals surface area (Å²) in [6.07, 6.45) is 0.661. The summed E-state index contributed by atoms with van der Waals surface area (Å²) in [5, 5.41) is 2.80. The average molecular weight is 312 g/mol. The fraction of sp³-hybridized carbons (Fsp3) is 0.467. The molecule has 1 aromatic carbocycles. The van der Waals surface area contributed by atoms with Gasteiger partial charge >= 0.3 is 0 Å².